The summed E-state index contributed by atoms with van der Waals surface area (Å²) in [6, 6.07) is 26.9. The van der Waals surface area contributed by atoms with Gasteiger partial charge in [-0.05, 0) is 60.5 Å². The standard InChI is InChI=1S/C32H31BrFN3O4S/c1-23-11-17-29(18-12-23)42(40,41)37(28-10-6-9-26(33)20-28)22-31(38)36(21-25-13-15-27(34)16-14-25)30(32(39)35-2)19-24-7-4-3-5-8-24/h3-18,20,30H,19,21-22H2,1-2H3,(H,35,39)/t30-/m1/s1. The molecule has 0 bridgehead atoms. The van der Waals surface area contributed by atoms with Crippen LogP contribution in [-0.2, 0) is 32.6 Å². The third-order valence-corrected chi connectivity index (χ3v) is 9.05. The number of carbonyl (C=O) groups is 2. The van der Waals surface area contributed by atoms with E-state index in [1.165, 1.54) is 48.3 Å². The van der Waals surface area contributed by atoms with E-state index in [4.69, 9.17) is 0 Å². The Bertz CT molecular complexity index is 1630. The van der Waals surface area contributed by atoms with Crippen LogP contribution in [0.3, 0.4) is 0 Å². The second-order valence-corrected chi connectivity index (χ2v) is 12.6. The highest BCUT2D eigenvalue weighted by Gasteiger charge is 2.34. The van der Waals surface area contributed by atoms with Crippen molar-refractivity contribution in [2.24, 2.45) is 0 Å². The summed E-state index contributed by atoms with van der Waals surface area (Å²) in [6.45, 7) is 1.24. The first-order valence-corrected chi connectivity index (χ1v) is 15.5. The predicted octanol–water partition coefficient (Wildman–Crippen LogP) is 5.48. The minimum absolute atomic E-state index is 0.0260. The Labute approximate surface area is 254 Å². The number of rotatable bonds is 11. The van der Waals surface area contributed by atoms with Gasteiger partial charge in [-0.1, -0.05) is 82.2 Å². The van der Waals surface area contributed by atoms with Gasteiger partial charge in [0.25, 0.3) is 10.0 Å². The highest BCUT2D eigenvalue weighted by Crippen LogP contribution is 2.27. The van der Waals surface area contributed by atoms with Crippen LogP contribution in [0.1, 0.15) is 16.7 Å². The summed E-state index contributed by atoms with van der Waals surface area (Å²) in [5, 5.41) is 2.64. The number of nitrogens with one attached hydrogen (secondary N) is 1. The van der Waals surface area contributed by atoms with Crippen LogP contribution in [0.4, 0.5) is 10.1 Å². The maximum atomic E-state index is 14.2. The molecule has 4 aromatic carbocycles. The van der Waals surface area contributed by atoms with Crippen LogP contribution in [-0.4, -0.2) is 44.8 Å². The molecule has 0 aliphatic heterocycles. The third-order valence-electron chi connectivity index (χ3n) is 6.77. The fourth-order valence-corrected chi connectivity index (χ4v) is 6.30. The fraction of sp³-hybridized carbons (Fsp3) is 0.188. The molecule has 0 radical (unpaired) electrons. The first-order valence-electron chi connectivity index (χ1n) is 13.2. The number of halogens is 2. The zero-order valence-corrected chi connectivity index (χ0v) is 25.6. The van der Waals surface area contributed by atoms with Crippen molar-refractivity contribution in [3.05, 3.63) is 130 Å². The van der Waals surface area contributed by atoms with Gasteiger partial charge in [0, 0.05) is 24.5 Å². The SMILES string of the molecule is CNC(=O)[C@@H](Cc1ccccc1)N(Cc1ccc(F)cc1)C(=O)CN(c1cccc(Br)c1)S(=O)(=O)c1ccc(C)cc1. The summed E-state index contributed by atoms with van der Waals surface area (Å²) in [4.78, 5) is 28.9. The molecule has 7 nitrogen and oxygen atoms in total. The number of anilines is 1. The zero-order chi connectivity index (χ0) is 30.3. The van der Waals surface area contributed by atoms with Crippen molar-refractivity contribution < 1.29 is 22.4 Å². The quantitative estimate of drug-likeness (QED) is 0.233. The molecule has 0 heterocycles. The van der Waals surface area contributed by atoms with Crippen LogP contribution in [0.25, 0.3) is 0 Å². The van der Waals surface area contributed by atoms with Crippen molar-refractivity contribution in [3.63, 3.8) is 0 Å². The van der Waals surface area contributed by atoms with E-state index >= 15 is 0 Å². The number of sulfonamides is 1. The first kappa shape index (κ1) is 30.9. The highest BCUT2D eigenvalue weighted by atomic mass is 79.9. The average molecular weight is 653 g/mol. The normalized spacial score (nSPS) is 11.9. The molecule has 0 aliphatic rings. The van der Waals surface area contributed by atoms with E-state index in [1.54, 1.807) is 36.4 Å². The molecule has 42 heavy (non-hydrogen) atoms. The van der Waals surface area contributed by atoms with Crippen LogP contribution in [0.5, 0.6) is 0 Å². The highest BCUT2D eigenvalue weighted by molar-refractivity contribution is 9.10. The summed E-state index contributed by atoms with van der Waals surface area (Å²) in [5.74, 6) is -1.45. The van der Waals surface area contributed by atoms with Gasteiger partial charge in [0.1, 0.15) is 18.4 Å². The summed E-state index contributed by atoms with van der Waals surface area (Å²) in [7, 11) is -2.71. The molecule has 10 heteroatoms. The number of aryl methyl sites for hydroxylation is 1. The van der Waals surface area contributed by atoms with E-state index in [0.717, 1.165) is 15.4 Å². The minimum Gasteiger partial charge on any atom is -0.357 e. The number of hydrogen-bond donors (Lipinski definition) is 1. The van der Waals surface area contributed by atoms with Crippen LogP contribution < -0.4 is 9.62 Å². The molecule has 0 fully saturated rings. The van der Waals surface area contributed by atoms with E-state index < -0.39 is 40.2 Å². The molecule has 4 aromatic rings. The van der Waals surface area contributed by atoms with Gasteiger partial charge in [0.15, 0.2) is 0 Å². The monoisotopic (exact) mass is 651 g/mol. The summed E-state index contributed by atoms with van der Waals surface area (Å²) < 4.78 is 43.3. The van der Waals surface area contributed by atoms with Crippen molar-refractivity contribution in [2.75, 3.05) is 17.9 Å². The van der Waals surface area contributed by atoms with E-state index in [0.29, 0.717) is 10.0 Å². The first-order chi connectivity index (χ1) is 20.1. The molecule has 0 aliphatic carbocycles. The number of benzene rings is 4. The lowest BCUT2D eigenvalue weighted by atomic mass is 10.0. The van der Waals surface area contributed by atoms with E-state index in [1.807, 2.05) is 37.3 Å². The molecule has 2 amide bonds. The Morgan fingerprint density at radius 1 is 0.881 bits per heavy atom. The zero-order valence-electron chi connectivity index (χ0n) is 23.2. The number of hydrogen-bond acceptors (Lipinski definition) is 4. The van der Waals surface area contributed by atoms with Crippen LogP contribution in [0.2, 0.25) is 0 Å². The maximum absolute atomic E-state index is 14.2. The van der Waals surface area contributed by atoms with E-state index in [2.05, 4.69) is 21.2 Å². The van der Waals surface area contributed by atoms with Gasteiger partial charge in [0.2, 0.25) is 11.8 Å². The number of amides is 2. The Balaban J connectivity index is 1.78. The molecule has 0 saturated carbocycles. The molecule has 0 aromatic heterocycles. The Kier molecular flexibility index (Phi) is 10.1. The van der Waals surface area contributed by atoms with Crippen molar-refractivity contribution in [1.29, 1.82) is 0 Å². The number of nitrogens with zero attached hydrogens (tertiary/aromatic N) is 2. The van der Waals surface area contributed by atoms with E-state index in [9.17, 15) is 22.4 Å². The van der Waals surface area contributed by atoms with Crippen molar-refractivity contribution in [3.8, 4) is 0 Å². The smallest absolute Gasteiger partial charge is 0.264 e. The van der Waals surface area contributed by atoms with Gasteiger partial charge >= 0.3 is 0 Å². The molecule has 4 rings (SSSR count). The Morgan fingerprint density at radius 3 is 2.17 bits per heavy atom. The van der Waals surface area contributed by atoms with Crippen LogP contribution in [0.15, 0.2) is 112 Å². The van der Waals surface area contributed by atoms with Gasteiger partial charge < -0.3 is 10.2 Å². The van der Waals surface area contributed by atoms with Gasteiger partial charge in [-0.3, -0.25) is 13.9 Å². The lowest BCUT2D eigenvalue weighted by molar-refractivity contribution is -0.139. The minimum atomic E-state index is -4.19. The molecule has 1 N–H and O–H groups in total. The number of likely N-dealkylation sites (N-methyl/N-ethyl adjacent to an activating group) is 1. The number of carbonyl (C=O) groups excluding carboxylic acids is 2. The maximum Gasteiger partial charge on any atom is 0.264 e. The largest absolute Gasteiger partial charge is 0.357 e. The molecule has 0 unspecified atom stereocenters. The van der Waals surface area contributed by atoms with Gasteiger partial charge in [-0.25, -0.2) is 12.8 Å². The molecule has 1 atom stereocenters. The van der Waals surface area contributed by atoms with E-state index in [-0.39, 0.29) is 23.5 Å². The van der Waals surface area contributed by atoms with Gasteiger partial charge in [-0.15, -0.1) is 0 Å². The van der Waals surface area contributed by atoms with Crippen LogP contribution in [0, 0.1) is 12.7 Å². The molecular formula is C32H31BrFN3O4S. The Hall–Kier alpha value is -4.02. The van der Waals surface area contributed by atoms with Crippen molar-refractivity contribution in [1.82, 2.24) is 10.2 Å². The molecule has 218 valence electrons. The van der Waals surface area contributed by atoms with Gasteiger partial charge in [-0.2, -0.15) is 0 Å². The second-order valence-electron chi connectivity index (χ2n) is 9.77. The summed E-state index contributed by atoms with van der Waals surface area (Å²) in [5.41, 5.74) is 2.57. The fourth-order valence-electron chi connectivity index (χ4n) is 4.50. The second kappa shape index (κ2) is 13.8. The lowest BCUT2D eigenvalue weighted by Crippen LogP contribution is -2.53. The summed E-state index contributed by atoms with van der Waals surface area (Å²) in [6.07, 6.45) is 0.190. The topological polar surface area (TPSA) is 86.8 Å². The molecule has 0 saturated heterocycles. The van der Waals surface area contributed by atoms with Gasteiger partial charge in [0.05, 0.1) is 10.6 Å². The van der Waals surface area contributed by atoms with Crippen molar-refractivity contribution >= 4 is 43.5 Å². The molecular weight excluding hydrogens is 621 g/mol. The van der Waals surface area contributed by atoms with Crippen LogP contribution >= 0.6 is 15.9 Å². The third kappa shape index (κ3) is 7.63. The Morgan fingerprint density at radius 2 is 1.55 bits per heavy atom. The lowest BCUT2D eigenvalue weighted by Gasteiger charge is -2.33. The van der Waals surface area contributed by atoms with Crippen molar-refractivity contribution in [2.45, 2.75) is 30.8 Å². The molecule has 0 spiro atoms. The summed E-state index contributed by atoms with van der Waals surface area (Å²) >= 11 is 3.40. The average Bonchev–Trinajstić information content (AvgIpc) is 2.98. The predicted molar refractivity (Wildman–Crippen MR) is 165 cm³/mol.